The van der Waals surface area contributed by atoms with Gasteiger partial charge in [-0.1, -0.05) is 32.9 Å². The molecule has 0 saturated heterocycles. The first-order valence-corrected chi connectivity index (χ1v) is 3.86. The van der Waals surface area contributed by atoms with E-state index in [1.54, 1.807) is 0 Å². The van der Waals surface area contributed by atoms with Gasteiger partial charge in [-0.2, -0.15) is 0 Å². The number of nitrogen functional groups attached to an aromatic ring is 1. The summed E-state index contributed by atoms with van der Waals surface area (Å²) in [6.07, 6.45) is 0. The zero-order chi connectivity index (χ0) is 8.48. The van der Waals surface area contributed by atoms with Crippen LogP contribution in [-0.4, -0.2) is 0 Å². The van der Waals surface area contributed by atoms with E-state index in [0.717, 1.165) is 5.69 Å². The number of nitrogens with two attached hydrogens (primary N) is 1. The van der Waals surface area contributed by atoms with Crippen molar-refractivity contribution in [3.05, 3.63) is 29.8 Å². The molecular weight excluding hydrogens is 134 g/mol. The van der Waals surface area contributed by atoms with Crippen molar-refractivity contribution in [1.82, 2.24) is 0 Å². The van der Waals surface area contributed by atoms with Gasteiger partial charge in [-0.15, -0.1) is 0 Å². The summed E-state index contributed by atoms with van der Waals surface area (Å²) in [6.45, 7) is 6.55. The monoisotopic (exact) mass is 151 g/mol. The minimum Gasteiger partial charge on any atom is -0.399 e. The first-order chi connectivity index (χ1) is 5.00. The third-order valence-corrected chi connectivity index (χ3v) is 1.75. The minimum atomic E-state index is 0. The highest BCUT2D eigenvalue weighted by Gasteiger charge is 2.12. The average molecular weight is 151 g/mol. The van der Waals surface area contributed by atoms with Gasteiger partial charge in [0.25, 0.3) is 0 Å². The molecule has 0 aliphatic rings. The van der Waals surface area contributed by atoms with Gasteiger partial charge in [0, 0.05) is 7.11 Å². The first kappa shape index (κ1) is 8.12. The summed E-state index contributed by atoms with van der Waals surface area (Å²) < 4.78 is 0. The number of hydrogen-bond acceptors (Lipinski definition) is 1. The van der Waals surface area contributed by atoms with Gasteiger partial charge >= 0.3 is 0 Å². The van der Waals surface area contributed by atoms with Crippen LogP contribution in [0.25, 0.3) is 0 Å². The molecule has 2 N–H and O–H groups in total. The Labute approximate surface area is 69.7 Å². The normalized spacial score (nSPS) is 11.5. The van der Waals surface area contributed by atoms with Crippen LogP contribution in [-0.2, 0) is 5.41 Å². The van der Waals surface area contributed by atoms with Gasteiger partial charge in [0.15, 0.2) is 0 Å². The average Bonchev–Trinajstić information content (AvgIpc) is 1.86. The summed E-state index contributed by atoms with van der Waals surface area (Å²) in [5.41, 5.74) is 7.99. The SMILES string of the molecule is CC(C)(C)c1cccc(N)c1.[HH]. The van der Waals surface area contributed by atoms with Crippen LogP contribution in [0.5, 0.6) is 0 Å². The lowest BCUT2D eigenvalue weighted by molar-refractivity contribution is 0.590. The van der Waals surface area contributed by atoms with Crippen LogP contribution in [0.3, 0.4) is 0 Å². The summed E-state index contributed by atoms with van der Waals surface area (Å²) in [5.74, 6) is 0. The highest BCUT2D eigenvalue weighted by Crippen LogP contribution is 2.23. The van der Waals surface area contributed by atoms with E-state index in [1.165, 1.54) is 5.56 Å². The molecule has 0 atom stereocenters. The molecule has 0 heterocycles. The molecule has 1 nitrogen and oxygen atoms in total. The molecule has 1 aromatic rings. The van der Waals surface area contributed by atoms with Gasteiger partial charge in [0.2, 0.25) is 0 Å². The Morgan fingerprint density at radius 3 is 2.27 bits per heavy atom. The largest absolute Gasteiger partial charge is 0.399 e. The van der Waals surface area contributed by atoms with Crippen molar-refractivity contribution in [3.8, 4) is 0 Å². The van der Waals surface area contributed by atoms with Gasteiger partial charge in [-0.3, -0.25) is 0 Å². The molecule has 0 bridgehead atoms. The molecule has 1 rings (SSSR count). The number of rotatable bonds is 0. The molecule has 62 valence electrons. The number of benzene rings is 1. The van der Waals surface area contributed by atoms with Crippen LogP contribution in [0.15, 0.2) is 24.3 Å². The highest BCUT2D eigenvalue weighted by molar-refractivity contribution is 5.42. The zero-order valence-electron chi connectivity index (χ0n) is 7.39. The molecule has 0 aliphatic heterocycles. The second-order valence-corrected chi connectivity index (χ2v) is 3.88. The van der Waals surface area contributed by atoms with E-state index in [1.807, 2.05) is 18.2 Å². The van der Waals surface area contributed by atoms with Crippen LogP contribution in [0.1, 0.15) is 27.8 Å². The Bertz CT molecular complexity index is 250. The van der Waals surface area contributed by atoms with Crippen LogP contribution in [0, 0.1) is 0 Å². The molecule has 0 unspecified atom stereocenters. The quantitative estimate of drug-likeness (QED) is 0.567. The molecule has 0 amide bonds. The summed E-state index contributed by atoms with van der Waals surface area (Å²) in [4.78, 5) is 0. The number of anilines is 1. The second kappa shape index (κ2) is 2.57. The summed E-state index contributed by atoms with van der Waals surface area (Å²) >= 11 is 0. The molecule has 1 heteroatoms. The molecule has 0 spiro atoms. The molecule has 0 fully saturated rings. The van der Waals surface area contributed by atoms with Crippen LogP contribution >= 0.6 is 0 Å². The van der Waals surface area contributed by atoms with Crippen LogP contribution < -0.4 is 5.73 Å². The van der Waals surface area contributed by atoms with Gasteiger partial charge in [0.1, 0.15) is 0 Å². The van der Waals surface area contributed by atoms with E-state index in [2.05, 4.69) is 26.8 Å². The Hall–Kier alpha value is -0.980. The number of hydrogen-bond donors (Lipinski definition) is 1. The molecule has 0 aliphatic carbocycles. The van der Waals surface area contributed by atoms with Crippen molar-refractivity contribution in [2.24, 2.45) is 0 Å². The predicted molar refractivity (Wildman–Crippen MR) is 51.7 cm³/mol. The van der Waals surface area contributed by atoms with Gasteiger partial charge in [-0.25, -0.2) is 0 Å². The summed E-state index contributed by atoms with van der Waals surface area (Å²) in [7, 11) is 0. The van der Waals surface area contributed by atoms with Crippen molar-refractivity contribution in [2.75, 3.05) is 5.73 Å². The Balaban J connectivity index is 0.00000121. The fourth-order valence-corrected chi connectivity index (χ4v) is 1.01. The maximum atomic E-state index is 5.66. The van der Waals surface area contributed by atoms with E-state index in [-0.39, 0.29) is 6.84 Å². The fourth-order valence-electron chi connectivity index (χ4n) is 1.01. The molecule has 0 saturated carbocycles. The van der Waals surface area contributed by atoms with E-state index in [0.29, 0.717) is 0 Å². The second-order valence-electron chi connectivity index (χ2n) is 3.88. The van der Waals surface area contributed by atoms with Crippen molar-refractivity contribution in [1.29, 1.82) is 0 Å². The molecule has 0 radical (unpaired) electrons. The van der Waals surface area contributed by atoms with Crippen molar-refractivity contribution in [2.45, 2.75) is 26.2 Å². The predicted octanol–water partition coefficient (Wildman–Crippen LogP) is 2.81. The van der Waals surface area contributed by atoms with Gasteiger partial charge < -0.3 is 5.73 Å². The van der Waals surface area contributed by atoms with Crippen molar-refractivity contribution >= 4 is 5.69 Å². The first-order valence-electron chi connectivity index (χ1n) is 3.86. The van der Waals surface area contributed by atoms with Gasteiger partial charge in [0.05, 0.1) is 0 Å². The minimum absolute atomic E-state index is 0. The Morgan fingerprint density at radius 2 is 1.91 bits per heavy atom. The molecule has 11 heavy (non-hydrogen) atoms. The van der Waals surface area contributed by atoms with Crippen LogP contribution in [0.4, 0.5) is 5.69 Å². The third-order valence-electron chi connectivity index (χ3n) is 1.75. The van der Waals surface area contributed by atoms with E-state index >= 15 is 0 Å². The van der Waals surface area contributed by atoms with E-state index < -0.39 is 0 Å². The van der Waals surface area contributed by atoms with Crippen molar-refractivity contribution < 1.29 is 1.43 Å². The molecular formula is C10H17N. The van der Waals surface area contributed by atoms with Crippen molar-refractivity contribution in [3.63, 3.8) is 0 Å². The fraction of sp³-hybridized carbons (Fsp3) is 0.400. The Morgan fingerprint density at radius 1 is 1.27 bits per heavy atom. The molecule has 1 aromatic carbocycles. The van der Waals surface area contributed by atoms with E-state index in [9.17, 15) is 0 Å². The molecule has 0 aromatic heterocycles. The van der Waals surface area contributed by atoms with Gasteiger partial charge in [-0.05, 0) is 23.1 Å². The summed E-state index contributed by atoms with van der Waals surface area (Å²) in [6, 6.07) is 8.04. The maximum Gasteiger partial charge on any atom is 0.0316 e. The Kier molecular flexibility index (Phi) is 1.90. The maximum absolute atomic E-state index is 5.66. The third kappa shape index (κ3) is 1.97. The lowest BCUT2D eigenvalue weighted by atomic mass is 9.87. The van der Waals surface area contributed by atoms with Crippen LogP contribution in [0.2, 0.25) is 0 Å². The zero-order valence-corrected chi connectivity index (χ0v) is 7.39. The lowest BCUT2D eigenvalue weighted by Crippen LogP contribution is -2.10. The standard InChI is InChI=1S/C10H15N.H2/c1-10(2,3)8-5-4-6-9(11)7-8;/h4-7H,11H2,1-3H3;1H. The summed E-state index contributed by atoms with van der Waals surface area (Å²) in [5, 5.41) is 0. The topological polar surface area (TPSA) is 26.0 Å². The highest BCUT2D eigenvalue weighted by atomic mass is 14.5. The lowest BCUT2D eigenvalue weighted by Gasteiger charge is -2.18. The smallest absolute Gasteiger partial charge is 0.0316 e. The van der Waals surface area contributed by atoms with E-state index in [4.69, 9.17) is 5.73 Å².